The molecule has 2 amide bonds. The number of nitrogens with zero attached hydrogens (tertiary/aromatic N) is 2. The van der Waals surface area contributed by atoms with Gasteiger partial charge in [0.25, 0.3) is 11.5 Å². The molecule has 0 bridgehead atoms. The van der Waals surface area contributed by atoms with E-state index in [1.165, 1.54) is 17.0 Å². The van der Waals surface area contributed by atoms with Gasteiger partial charge in [-0.1, -0.05) is 23.2 Å². The summed E-state index contributed by atoms with van der Waals surface area (Å²) in [5.41, 5.74) is 1.35. The highest BCUT2D eigenvalue weighted by atomic mass is 35.5. The summed E-state index contributed by atoms with van der Waals surface area (Å²) in [7, 11) is 0. The zero-order chi connectivity index (χ0) is 26.4. The number of aromatic nitrogens is 1. The van der Waals surface area contributed by atoms with Gasteiger partial charge >= 0.3 is 0 Å². The summed E-state index contributed by atoms with van der Waals surface area (Å²) in [6.45, 7) is 2.76. The van der Waals surface area contributed by atoms with Crippen molar-refractivity contribution in [1.29, 1.82) is 0 Å². The zero-order valence-corrected chi connectivity index (χ0v) is 21.5. The molecule has 0 radical (unpaired) electrons. The van der Waals surface area contributed by atoms with Crippen LogP contribution in [0.2, 0.25) is 10.0 Å². The van der Waals surface area contributed by atoms with Gasteiger partial charge in [-0.05, 0) is 66.6 Å². The predicted molar refractivity (Wildman–Crippen MR) is 140 cm³/mol. The number of rotatable bonds is 4. The van der Waals surface area contributed by atoms with Crippen LogP contribution in [0, 0.1) is 5.82 Å². The molecule has 1 saturated heterocycles. The Kier molecular flexibility index (Phi) is 6.87. The number of carbonyl (C=O) groups excluding carboxylic acids is 2. The molecule has 11 heteroatoms. The van der Waals surface area contributed by atoms with Crippen LogP contribution in [0.1, 0.15) is 41.0 Å². The maximum Gasteiger partial charge on any atom is 0.270 e. The number of likely N-dealkylation sites (tertiary alicyclic amines) is 1. The van der Waals surface area contributed by atoms with Crippen LogP contribution in [-0.2, 0) is 11.2 Å². The Labute approximate surface area is 222 Å². The molecule has 1 unspecified atom stereocenters. The Morgan fingerprint density at radius 1 is 1.19 bits per heavy atom. The van der Waals surface area contributed by atoms with E-state index in [4.69, 9.17) is 23.2 Å². The Balaban J connectivity index is 1.35. The summed E-state index contributed by atoms with van der Waals surface area (Å²) < 4.78 is 14.8. The first-order chi connectivity index (χ1) is 17.6. The number of halogens is 3. The number of aliphatic hydroxyl groups excluding tert-OH is 1. The van der Waals surface area contributed by atoms with Gasteiger partial charge in [0.05, 0.1) is 29.8 Å². The van der Waals surface area contributed by atoms with Crippen LogP contribution in [0.25, 0.3) is 10.8 Å². The molecule has 5 rings (SSSR count). The highest BCUT2D eigenvalue weighted by Gasteiger charge is 2.30. The molecule has 3 N–H and O–H groups in total. The number of H-pyrrole nitrogens is 1. The maximum atomic E-state index is 14.8. The van der Waals surface area contributed by atoms with Gasteiger partial charge in [0.2, 0.25) is 5.91 Å². The van der Waals surface area contributed by atoms with Crippen molar-refractivity contribution in [3.05, 3.63) is 73.4 Å². The molecular formula is C26H25Cl2FN4O4. The van der Waals surface area contributed by atoms with E-state index in [0.29, 0.717) is 41.4 Å². The lowest BCUT2D eigenvalue weighted by Crippen LogP contribution is -2.42. The minimum atomic E-state index is -0.692. The third-order valence-electron chi connectivity index (χ3n) is 7.05. The second-order valence-electron chi connectivity index (χ2n) is 9.45. The van der Waals surface area contributed by atoms with E-state index in [-0.39, 0.29) is 41.8 Å². The largest absolute Gasteiger partial charge is 0.391 e. The van der Waals surface area contributed by atoms with Crippen LogP contribution < -0.4 is 10.9 Å². The van der Waals surface area contributed by atoms with Crippen molar-refractivity contribution in [1.82, 2.24) is 14.8 Å². The van der Waals surface area contributed by atoms with Crippen molar-refractivity contribution in [3.63, 3.8) is 0 Å². The molecular weight excluding hydrogens is 522 g/mol. The number of hydrogen-bond acceptors (Lipinski definition) is 5. The molecule has 3 heterocycles. The van der Waals surface area contributed by atoms with E-state index in [9.17, 15) is 23.9 Å². The van der Waals surface area contributed by atoms with Gasteiger partial charge in [0, 0.05) is 29.7 Å². The van der Waals surface area contributed by atoms with Gasteiger partial charge in [0.15, 0.2) is 0 Å². The number of pyridine rings is 1. The van der Waals surface area contributed by atoms with E-state index in [1.54, 1.807) is 11.0 Å². The summed E-state index contributed by atoms with van der Waals surface area (Å²) in [5.74, 6) is -1.34. The van der Waals surface area contributed by atoms with Gasteiger partial charge in [0.1, 0.15) is 11.5 Å². The van der Waals surface area contributed by atoms with E-state index < -0.39 is 23.4 Å². The number of hydrogen-bond donors (Lipinski definition) is 3. The monoisotopic (exact) mass is 546 g/mol. The van der Waals surface area contributed by atoms with Crippen molar-refractivity contribution in [2.75, 3.05) is 31.5 Å². The first-order valence-electron chi connectivity index (χ1n) is 12.0. The molecule has 0 aliphatic carbocycles. The van der Waals surface area contributed by atoms with Gasteiger partial charge in [-0.15, -0.1) is 0 Å². The molecule has 0 saturated carbocycles. The van der Waals surface area contributed by atoms with Crippen LogP contribution >= 0.6 is 23.2 Å². The average Bonchev–Trinajstić information content (AvgIpc) is 3.28. The molecule has 2 aromatic carbocycles. The predicted octanol–water partition coefficient (Wildman–Crippen LogP) is 3.74. The van der Waals surface area contributed by atoms with Gasteiger partial charge in [-0.2, -0.15) is 0 Å². The lowest BCUT2D eigenvalue weighted by molar-refractivity contribution is -0.131. The third-order valence-corrected chi connectivity index (χ3v) is 7.58. The number of anilines is 1. The van der Waals surface area contributed by atoms with Gasteiger partial charge < -0.3 is 25.2 Å². The second-order valence-corrected chi connectivity index (χ2v) is 10.3. The Hall–Kier alpha value is -3.14. The molecule has 3 aromatic rings. The summed E-state index contributed by atoms with van der Waals surface area (Å²) >= 11 is 12.5. The van der Waals surface area contributed by atoms with Crippen LogP contribution in [-0.4, -0.2) is 64.0 Å². The van der Waals surface area contributed by atoms with Gasteiger partial charge in [-0.3, -0.25) is 14.4 Å². The molecule has 2 atom stereocenters. The molecule has 0 spiro atoms. The zero-order valence-electron chi connectivity index (χ0n) is 20.0. The third kappa shape index (κ3) is 4.91. The van der Waals surface area contributed by atoms with E-state index in [0.717, 1.165) is 17.2 Å². The summed E-state index contributed by atoms with van der Waals surface area (Å²) in [6.07, 6.45) is 0.477. The van der Waals surface area contributed by atoms with Crippen molar-refractivity contribution >= 4 is 51.5 Å². The highest BCUT2D eigenvalue weighted by Crippen LogP contribution is 2.37. The first-order valence-corrected chi connectivity index (χ1v) is 12.7. The second kappa shape index (κ2) is 9.96. The molecule has 8 nitrogen and oxygen atoms in total. The number of benzene rings is 2. The van der Waals surface area contributed by atoms with Crippen molar-refractivity contribution in [2.45, 2.75) is 31.9 Å². The smallest absolute Gasteiger partial charge is 0.270 e. The molecule has 2 aliphatic rings. The fourth-order valence-electron chi connectivity index (χ4n) is 5.15. The first kappa shape index (κ1) is 25.5. The Morgan fingerprint density at radius 3 is 2.70 bits per heavy atom. The molecule has 37 heavy (non-hydrogen) atoms. The lowest BCUT2D eigenvalue weighted by atomic mass is 9.93. The lowest BCUT2D eigenvalue weighted by Gasteiger charge is -2.36. The summed E-state index contributed by atoms with van der Waals surface area (Å²) in [4.78, 5) is 44.1. The Morgan fingerprint density at radius 2 is 1.97 bits per heavy atom. The number of aliphatic hydroxyl groups is 1. The van der Waals surface area contributed by atoms with Gasteiger partial charge in [-0.25, -0.2) is 4.39 Å². The fraction of sp³-hybridized carbons (Fsp3) is 0.346. The number of β-amino-alcohol motifs (C(OH)–C–C–N with tert-alkyl or cyclic N) is 1. The SMILES string of the molecule is CC1c2c(Cl)cc(Cl)cc2CCN1C(=O)CNc1cc2cc(C(=O)N3CC[C@@H](O)C3)[nH]c(=O)c2cc1F. The highest BCUT2D eigenvalue weighted by molar-refractivity contribution is 6.35. The van der Waals surface area contributed by atoms with Crippen molar-refractivity contribution in [3.8, 4) is 0 Å². The molecule has 1 aromatic heterocycles. The molecule has 194 valence electrons. The number of amides is 2. The number of aromatic amines is 1. The van der Waals surface area contributed by atoms with E-state index in [1.807, 2.05) is 13.0 Å². The quantitative estimate of drug-likeness (QED) is 0.462. The minimum absolute atomic E-state index is 0.0383. The topological polar surface area (TPSA) is 106 Å². The van der Waals surface area contributed by atoms with Crippen LogP contribution in [0.4, 0.5) is 10.1 Å². The Bertz CT molecular complexity index is 1480. The van der Waals surface area contributed by atoms with Crippen LogP contribution in [0.15, 0.2) is 35.1 Å². The van der Waals surface area contributed by atoms with E-state index >= 15 is 0 Å². The summed E-state index contributed by atoms with van der Waals surface area (Å²) in [5, 5.41) is 14.0. The van der Waals surface area contributed by atoms with Crippen molar-refractivity contribution in [2.24, 2.45) is 0 Å². The minimum Gasteiger partial charge on any atom is -0.391 e. The normalized spacial score (nSPS) is 19.3. The molecule has 2 aliphatic heterocycles. The van der Waals surface area contributed by atoms with E-state index in [2.05, 4.69) is 10.3 Å². The molecule has 1 fully saturated rings. The summed E-state index contributed by atoms with van der Waals surface area (Å²) in [6, 6.07) is 7.21. The number of fused-ring (bicyclic) bond motifs is 2. The fourth-order valence-corrected chi connectivity index (χ4v) is 5.84. The number of nitrogens with one attached hydrogen (secondary N) is 2. The maximum absolute atomic E-state index is 14.8. The average molecular weight is 547 g/mol. The standard InChI is InChI=1S/C26H25Cl2FN4O4/c1-13-24-14(6-16(27)9-19(24)28)2-5-33(13)23(35)11-30-21-7-15-8-22(26(37)32-4-3-17(34)12-32)31-25(36)18(15)10-20(21)29/h6-10,13,17,30,34H,2-5,11-12H2,1H3,(H,31,36)/t13?,17-/m1/s1. The van der Waals surface area contributed by atoms with Crippen LogP contribution in [0.3, 0.4) is 0 Å². The van der Waals surface area contributed by atoms with Crippen molar-refractivity contribution < 1.29 is 19.1 Å². The van der Waals surface area contributed by atoms with Crippen LogP contribution in [0.5, 0.6) is 0 Å². The number of carbonyl (C=O) groups is 2.